The van der Waals surface area contributed by atoms with Gasteiger partial charge in [-0.3, -0.25) is 9.78 Å². The summed E-state index contributed by atoms with van der Waals surface area (Å²) in [5.41, 5.74) is 13.3. The van der Waals surface area contributed by atoms with E-state index >= 15 is 0 Å². The molecule has 0 aromatic carbocycles. The van der Waals surface area contributed by atoms with Gasteiger partial charge in [0.2, 0.25) is 0 Å². The van der Waals surface area contributed by atoms with E-state index in [0.717, 1.165) is 36.1 Å². The number of carbonyl (C=O) groups is 1. The molecule has 2 unspecified atom stereocenters. The van der Waals surface area contributed by atoms with E-state index in [-0.39, 0.29) is 11.6 Å². The number of ether oxygens (including phenoxy) is 1. The van der Waals surface area contributed by atoms with Gasteiger partial charge in [-0.2, -0.15) is 0 Å². The van der Waals surface area contributed by atoms with Crippen LogP contribution >= 0.6 is 0 Å². The summed E-state index contributed by atoms with van der Waals surface area (Å²) in [4.78, 5) is 15.7. The summed E-state index contributed by atoms with van der Waals surface area (Å²) < 4.78 is 6.09. The standard InChI is InChI=1S/C19H30N6O2/c1-13-5-4-6-15(11-23-12-16(10-20)25(2)22)19(13,27-3)14-7-8-24-17(9-14)18(21)26/h7-11,13,23H,4-6,12,20,22H2,1-3H3,(H2,21,26)/b15-11+,16-10-. The van der Waals surface area contributed by atoms with Gasteiger partial charge in [-0.05, 0) is 54.6 Å². The fourth-order valence-electron chi connectivity index (χ4n) is 3.78. The Balaban J connectivity index is 2.41. The van der Waals surface area contributed by atoms with Crippen LogP contribution in [0.1, 0.15) is 42.2 Å². The first-order valence-corrected chi connectivity index (χ1v) is 9.00. The van der Waals surface area contributed by atoms with Crippen molar-refractivity contribution in [3.63, 3.8) is 0 Å². The van der Waals surface area contributed by atoms with E-state index in [2.05, 4.69) is 17.2 Å². The van der Waals surface area contributed by atoms with Crippen molar-refractivity contribution in [3.05, 3.63) is 53.3 Å². The SMILES string of the molecule is COC1(c2ccnc(C(N)=O)c2)/C(=C/NC/C(=C/N)N(C)N)CCCC1C. The highest BCUT2D eigenvalue weighted by Crippen LogP contribution is 2.47. The van der Waals surface area contributed by atoms with Crippen LogP contribution in [0.15, 0.2) is 42.0 Å². The molecule has 1 aliphatic rings. The number of carbonyl (C=O) groups excluding carboxylic acids is 1. The Bertz CT molecular complexity index is 731. The highest BCUT2D eigenvalue weighted by atomic mass is 16.5. The lowest BCUT2D eigenvalue weighted by atomic mass is 9.69. The Morgan fingerprint density at radius 2 is 2.30 bits per heavy atom. The number of hydrogen-bond donors (Lipinski definition) is 4. The predicted molar refractivity (Wildman–Crippen MR) is 105 cm³/mol. The van der Waals surface area contributed by atoms with E-state index in [1.807, 2.05) is 12.3 Å². The third kappa shape index (κ3) is 4.23. The quantitative estimate of drug-likeness (QED) is 0.412. The second-order valence-corrected chi connectivity index (χ2v) is 6.85. The molecule has 1 saturated carbocycles. The second-order valence-electron chi connectivity index (χ2n) is 6.85. The number of nitrogens with one attached hydrogen (secondary N) is 1. The number of aromatic nitrogens is 1. The Morgan fingerprint density at radius 3 is 2.89 bits per heavy atom. The molecule has 8 nitrogen and oxygen atoms in total. The minimum Gasteiger partial charge on any atom is -0.403 e. The zero-order valence-electron chi connectivity index (χ0n) is 16.2. The highest BCUT2D eigenvalue weighted by molar-refractivity contribution is 5.90. The third-order valence-corrected chi connectivity index (χ3v) is 5.22. The summed E-state index contributed by atoms with van der Waals surface area (Å²) in [5.74, 6) is 5.41. The summed E-state index contributed by atoms with van der Waals surface area (Å²) in [6, 6.07) is 3.60. The number of nitrogens with zero attached hydrogens (tertiary/aromatic N) is 2. The van der Waals surface area contributed by atoms with Gasteiger partial charge < -0.3 is 26.5 Å². The first-order valence-electron chi connectivity index (χ1n) is 9.00. The van der Waals surface area contributed by atoms with E-state index in [4.69, 9.17) is 22.0 Å². The van der Waals surface area contributed by atoms with Crippen LogP contribution in [0, 0.1) is 5.92 Å². The van der Waals surface area contributed by atoms with Gasteiger partial charge >= 0.3 is 0 Å². The van der Waals surface area contributed by atoms with Crippen molar-refractivity contribution in [1.29, 1.82) is 0 Å². The molecule has 7 N–H and O–H groups in total. The largest absolute Gasteiger partial charge is 0.403 e. The number of rotatable bonds is 7. The summed E-state index contributed by atoms with van der Waals surface area (Å²) in [6.45, 7) is 2.64. The Morgan fingerprint density at radius 1 is 1.56 bits per heavy atom. The predicted octanol–water partition coefficient (Wildman–Crippen LogP) is 0.921. The summed E-state index contributed by atoms with van der Waals surface area (Å²) >= 11 is 0. The molecular weight excluding hydrogens is 344 g/mol. The minimum absolute atomic E-state index is 0.217. The van der Waals surface area contributed by atoms with Crippen molar-refractivity contribution in [2.75, 3.05) is 20.7 Å². The van der Waals surface area contributed by atoms with Crippen molar-refractivity contribution >= 4 is 5.91 Å². The maximum Gasteiger partial charge on any atom is 0.267 e. The third-order valence-electron chi connectivity index (χ3n) is 5.22. The van der Waals surface area contributed by atoms with E-state index in [0.29, 0.717) is 6.54 Å². The average Bonchev–Trinajstić information content (AvgIpc) is 2.65. The van der Waals surface area contributed by atoms with Crippen LogP contribution in [0.5, 0.6) is 0 Å². The normalized spacial score (nSPS) is 24.7. The lowest BCUT2D eigenvalue weighted by Gasteiger charge is -2.44. The summed E-state index contributed by atoms with van der Waals surface area (Å²) in [7, 11) is 3.43. The maximum atomic E-state index is 11.6. The number of primary amides is 1. The lowest BCUT2D eigenvalue weighted by molar-refractivity contribution is -0.0434. The number of hydrazine groups is 1. The number of pyridine rings is 1. The zero-order valence-corrected chi connectivity index (χ0v) is 16.2. The summed E-state index contributed by atoms with van der Waals surface area (Å²) in [5, 5.41) is 4.76. The van der Waals surface area contributed by atoms with Crippen LogP contribution in [-0.4, -0.2) is 36.6 Å². The molecule has 0 radical (unpaired) electrons. The molecule has 1 fully saturated rings. The highest BCUT2D eigenvalue weighted by Gasteiger charge is 2.44. The molecule has 1 aromatic heterocycles. The van der Waals surface area contributed by atoms with Crippen LogP contribution in [-0.2, 0) is 10.3 Å². The van der Waals surface area contributed by atoms with Crippen LogP contribution in [0.4, 0.5) is 0 Å². The van der Waals surface area contributed by atoms with Crippen molar-refractivity contribution < 1.29 is 9.53 Å². The lowest BCUT2D eigenvalue weighted by Crippen LogP contribution is -2.42. The van der Waals surface area contributed by atoms with Gasteiger partial charge in [-0.15, -0.1) is 0 Å². The molecule has 8 heteroatoms. The van der Waals surface area contributed by atoms with Crippen LogP contribution < -0.4 is 22.6 Å². The average molecular weight is 374 g/mol. The summed E-state index contributed by atoms with van der Waals surface area (Å²) in [6.07, 6.45) is 7.99. The van der Waals surface area contributed by atoms with Gasteiger partial charge in [0.05, 0.1) is 12.2 Å². The minimum atomic E-state index is -0.653. The van der Waals surface area contributed by atoms with Crippen LogP contribution in [0.2, 0.25) is 0 Å². The van der Waals surface area contributed by atoms with Crippen LogP contribution in [0.3, 0.4) is 0 Å². The monoisotopic (exact) mass is 374 g/mol. The zero-order chi connectivity index (χ0) is 20.0. The first kappa shape index (κ1) is 20.7. The molecule has 2 rings (SSSR count). The molecule has 0 saturated heterocycles. The Hall–Kier alpha value is -2.58. The van der Waals surface area contributed by atoms with Crippen molar-refractivity contribution in [2.45, 2.75) is 31.8 Å². The molecule has 27 heavy (non-hydrogen) atoms. The first-order chi connectivity index (χ1) is 12.9. The van der Waals surface area contributed by atoms with Gasteiger partial charge in [0.1, 0.15) is 11.3 Å². The van der Waals surface area contributed by atoms with E-state index < -0.39 is 11.5 Å². The van der Waals surface area contributed by atoms with Gasteiger partial charge in [-0.1, -0.05) is 6.92 Å². The molecule has 1 amide bonds. The number of likely N-dealkylation sites (N-methyl/N-ethyl adjacent to an activating group) is 1. The fourth-order valence-corrected chi connectivity index (χ4v) is 3.78. The second kappa shape index (κ2) is 8.88. The van der Waals surface area contributed by atoms with Gasteiger partial charge in [0.15, 0.2) is 0 Å². The molecule has 0 spiro atoms. The fraction of sp³-hybridized carbons (Fsp3) is 0.474. The van der Waals surface area contributed by atoms with Gasteiger partial charge in [-0.25, -0.2) is 5.84 Å². The van der Waals surface area contributed by atoms with Crippen molar-refractivity contribution in [3.8, 4) is 0 Å². The van der Waals surface area contributed by atoms with E-state index in [1.165, 1.54) is 11.2 Å². The topological polar surface area (TPSA) is 133 Å². The molecular formula is C19H30N6O2. The molecule has 1 aliphatic carbocycles. The molecule has 2 atom stereocenters. The molecule has 148 valence electrons. The Kier molecular flexibility index (Phi) is 6.81. The van der Waals surface area contributed by atoms with Crippen molar-refractivity contribution in [1.82, 2.24) is 15.3 Å². The van der Waals surface area contributed by atoms with E-state index in [9.17, 15) is 4.79 Å². The molecule has 0 aliphatic heterocycles. The molecule has 1 aromatic rings. The maximum absolute atomic E-state index is 11.6. The number of nitrogens with two attached hydrogens (primary N) is 3. The van der Waals surface area contributed by atoms with Crippen LogP contribution in [0.25, 0.3) is 0 Å². The Labute approximate surface area is 160 Å². The molecule has 0 bridgehead atoms. The number of methoxy groups -OCH3 is 1. The smallest absolute Gasteiger partial charge is 0.267 e. The van der Waals surface area contributed by atoms with E-state index in [1.54, 1.807) is 26.4 Å². The van der Waals surface area contributed by atoms with Gasteiger partial charge in [0, 0.05) is 26.6 Å². The number of hydrogen-bond acceptors (Lipinski definition) is 7. The van der Waals surface area contributed by atoms with Crippen molar-refractivity contribution in [2.24, 2.45) is 23.2 Å². The molecule has 1 heterocycles. The van der Waals surface area contributed by atoms with Gasteiger partial charge in [0.25, 0.3) is 5.91 Å². The number of amides is 1.